The second-order valence-corrected chi connectivity index (χ2v) is 3.84. The second-order valence-electron chi connectivity index (χ2n) is 3.84. The van der Waals surface area contributed by atoms with Gasteiger partial charge in [0.2, 0.25) is 0 Å². The Morgan fingerprint density at radius 3 is 2.50 bits per heavy atom. The molecule has 1 aliphatic heterocycles. The Morgan fingerprint density at radius 1 is 1.38 bits per heavy atom. The molecule has 1 aromatic carbocycles. The van der Waals surface area contributed by atoms with Crippen LogP contribution in [0.2, 0.25) is 0 Å². The van der Waals surface area contributed by atoms with Gasteiger partial charge in [-0.3, -0.25) is 0 Å². The van der Waals surface area contributed by atoms with Gasteiger partial charge in [0.1, 0.15) is 6.10 Å². The van der Waals surface area contributed by atoms with Gasteiger partial charge in [-0.25, -0.2) is 8.78 Å². The molecular formula is C12H14F2O2. The average Bonchev–Trinajstić information content (AvgIpc) is 3.05. The predicted molar refractivity (Wildman–Crippen MR) is 55.5 cm³/mol. The van der Waals surface area contributed by atoms with Crippen molar-refractivity contribution in [2.45, 2.75) is 25.9 Å². The molecule has 0 aromatic heterocycles. The van der Waals surface area contributed by atoms with Crippen LogP contribution in [0.4, 0.5) is 8.78 Å². The first-order chi connectivity index (χ1) is 7.72. The largest absolute Gasteiger partial charge is 0.488 e. The van der Waals surface area contributed by atoms with Crippen LogP contribution in [0.3, 0.4) is 0 Å². The summed E-state index contributed by atoms with van der Waals surface area (Å²) >= 11 is 0. The van der Waals surface area contributed by atoms with E-state index >= 15 is 0 Å². The zero-order valence-corrected chi connectivity index (χ0v) is 9.13. The summed E-state index contributed by atoms with van der Waals surface area (Å²) < 4.78 is 37.1. The van der Waals surface area contributed by atoms with Gasteiger partial charge in [-0.2, -0.15) is 0 Å². The van der Waals surface area contributed by atoms with Gasteiger partial charge < -0.3 is 9.47 Å². The number of epoxide rings is 1. The highest BCUT2D eigenvalue weighted by Crippen LogP contribution is 2.33. The normalized spacial score (nSPS) is 18.6. The Labute approximate surface area is 93.2 Å². The molecule has 0 radical (unpaired) electrons. The van der Waals surface area contributed by atoms with E-state index in [9.17, 15) is 8.78 Å². The molecule has 2 nitrogen and oxygen atoms in total. The van der Waals surface area contributed by atoms with Crippen LogP contribution in [0.5, 0.6) is 5.75 Å². The quantitative estimate of drug-likeness (QED) is 0.570. The fourth-order valence-corrected chi connectivity index (χ4v) is 1.46. The highest BCUT2D eigenvalue weighted by molar-refractivity contribution is 5.33. The maximum absolute atomic E-state index is 13.5. The molecule has 4 heteroatoms. The molecule has 1 aliphatic rings. The zero-order chi connectivity index (χ0) is 11.5. The van der Waals surface area contributed by atoms with Crippen molar-refractivity contribution < 1.29 is 18.3 Å². The Balaban J connectivity index is 2.11. The van der Waals surface area contributed by atoms with Crippen LogP contribution in [-0.2, 0) is 4.74 Å². The summed E-state index contributed by atoms with van der Waals surface area (Å²) in [4.78, 5) is 0. The molecule has 0 saturated carbocycles. The molecular weight excluding hydrogens is 214 g/mol. The molecule has 1 aromatic rings. The summed E-state index contributed by atoms with van der Waals surface area (Å²) in [5, 5.41) is 0. The lowest BCUT2D eigenvalue weighted by Gasteiger charge is -2.08. The van der Waals surface area contributed by atoms with E-state index in [1.165, 1.54) is 12.1 Å². The molecule has 88 valence electrons. The number of hydrogen-bond acceptors (Lipinski definition) is 2. The maximum Gasteiger partial charge on any atom is 0.190 e. The van der Waals surface area contributed by atoms with Crippen LogP contribution < -0.4 is 4.74 Å². The van der Waals surface area contributed by atoms with Crippen LogP contribution in [0.1, 0.15) is 31.4 Å². The molecule has 0 bridgehead atoms. The monoisotopic (exact) mass is 228 g/mol. The van der Waals surface area contributed by atoms with Crippen molar-refractivity contribution in [2.24, 2.45) is 0 Å². The van der Waals surface area contributed by atoms with E-state index in [4.69, 9.17) is 9.47 Å². The van der Waals surface area contributed by atoms with Gasteiger partial charge >= 0.3 is 0 Å². The lowest BCUT2D eigenvalue weighted by Crippen LogP contribution is -2.02. The molecule has 1 unspecified atom stereocenters. The van der Waals surface area contributed by atoms with Gasteiger partial charge in [0.15, 0.2) is 17.4 Å². The summed E-state index contributed by atoms with van der Waals surface area (Å²) in [6.45, 7) is 2.86. The molecule has 2 rings (SSSR count). The second kappa shape index (κ2) is 4.78. The van der Waals surface area contributed by atoms with Gasteiger partial charge in [0.05, 0.1) is 13.2 Å². The molecule has 1 atom stereocenters. The lowest BCUT2D eigenvalue weighted by atomic mass is 10.1. The van der Waals surface area contributed by atoms with E-state index in [1.807, 2.05) is 6.92 Å². The molecule has 0 spiro atoms. The number of unbranched alkanes of at least 4 members (excludes halogenated alkanes) is 1. The van der Waals surface area contributed by atoms with Crippen LogP contribution in [0, 0.1) is 11.6 Å². The van der Waals surface area contributed by atoms with Gasteiger partial charge in [0, 0.05) is 0 Å². The number of ether oxygens (including phenoxy) is 2. The third-order valence-corrected chi connectivity index (χ3v) is 2.47. The van der Waals surface area contributed by atoms with Crippen LogP contribution >= 0.6 is 0 Å². The smallest absolute Gasteiger partial charge is 0.190 e. The van der Waals surface area contributed by atoms with Crippen molar-refractivity contribution >= 4 is 0 Å². The third-order valence-electron chi connectivity index (χ3n) is 2.47. The third kappa shape index (κ3) is 2.50. The minimum Gasteiger partial charge on any atom is -0.488 e. The Bertz CT molecular complexity index is 352. The lowest BCUT2D eigenvalue weighted by molar-refractivity contribution is 0.278. The highest BCUT2D eigenvalue weighted by Gasteiger charge is 2.27. The number of rotatable bonds is 5. The molecule has 1 heterocycles. The Morgan fingerprint density at radius 2 is 2.00 bits per heavy atom. The number of benzene rings is 1. The van der Waals surface area contributed by atoms with Crippen molar-refractivity contribution in [3.8, 4) is 5.75 Å². The van der Waals surface area contributed by atoms with Crippen molar-refractivity contribution in [1.29, 1.82) is 0 Å². The topological polar surface area (TPSA) is 21.8 Å². The van der Waals surface area contributed by atoms with Crippen LogP contribution in [-0.4, -0.2) is 13.2 Å². The molecule has 0 aliphatic carbocycles. The Kier molecular flexibility index (Phi) is 3.39. The summed E-state index contributed by atoms with van der Waals surface area (Å²) in [5.41, 5.74) is 0.540. The first-order valence-electron chi connectivity index (χ1n) is 5.45. The van der Waals surface area contributed by atoms with Gasteiger partial charge in [-0.05, 0) is 24.1 Å². The molecule has 16 heavy (non-hydrogen) atoms. The Hall–Kier alpha value is -1.16. The van der Waals surface area contributed by atoms with E-state index < -0.39 is 11.6 Å². The van der Waals surface area contributed by atoms with Crippen LogP contribution in [0.25, 0.3) is 0 Å². The van der Waals surface area contributed by atoms with E-state index in [1.54, 1.807) is 0 Å². The predicted octanol–water partition coefficient (Wildman–Crippen LogP) is 3.22. The average molecular weight is 228 g/mol. The molecule has 0 N–H and O–H groups in total. The van der Waals surface area contributed by atoms with Gasteiger partial charge in [0.25, 0.3) is 0 Å². The summed E-state index contributed by atoms with van der Waals surface area (Å²) in [6.07, 6.45) is 1.57. The molecule has 1 saturated heterocycles. The fraction of sp³-hybridized carbons (Fsp3) is 0.500. The van der Waals surface area contributed by atoms with Crippen molar-refractivity contribution in [3.05, 3.63) is 29.3 Å². The van der Waals surface area contributed by atoms with E-state index in [0.29, 0.717) is 18.8 Å². The standard InChI is InChI=1S/C12H14F2O2/c1-2-3-4-15-12-9(13)5-8(6-10(12)14)11-7-16-11/h5-6,11H,2-4,7H2,1H3. The minimum absolute atomic E-state index is 0.145. The van der Waals surface area contributed by atoms with Crippen molar-refractivity contribution in [1.82, 2.24) is 0 Å². The fourth-order valence-electron chi connectivity index (χ4n) is 1.46. The molecule has 0 amide bonds. The van der Waals surface area contributed by atoms with E-state index in [0.717, 1.165) is 12.8 Å². The first kappa shape index (κ1) is 11.3. The van der Waals surface area contributed by atoms with Gasteiger partial charge in [-0.1, -0.05) is 13.3 Å². The first-order valence-corrected chi connectivity index (χ1v) is 5.45. The number of hydrogen-bond donors (Lipinski definition) is 0. The van der Waals surface area contributed by atoms with E-state index in [-0.39, 0.29) is 11.9 Å². The number of halogens is 2. The summed E-state index contributed by atoms with van der Waals surface area (Å²) in [6, 6.07) is 2.56. The summed E-state index contributed by atoms with van der Waals surface area (Å²) in [5.74, 6) is -1.58. The SMILES string of the molecule is CCCCOc1c(F)cc(C2CO2)cc1F. The highest BCUT2D eigenvalue weighted by atomic mass is 19.1. The van der Waals surface area contributed by atoms with Gasteiger partial charge in [-0.15, -0.1) is 0 Å². The minimum atomic E-state index is -0.651. The van der Waals surface area contributed by atoms with Crippen molar-refractivity contribution in [2.75, 3.05) is 13.2 Å². The van der Waals surface area contributed by atoms with Crippen LogP contribution in [0.15, 0.2) is 12.1 Å². The van der Waals surface area contributed by atoms with Crippen molar-refractivity contribution in [3.63, 3.8) is 0 Å². The maximum atomic E-state index is 13.5. The van der Waals surface area contributed by atoms with E-state index in [2.05, 4.69) is 0 Å². The molecule has 1 fully saturated rings. The zero-order valence-electron chi connectivity index (χ0n) is 9.13. The summed E-state index contributed by atoms with van der Waals surface area (Å²) in [7, 11) is 0.